The first-order chi connectivity index (χ1) is 5.68. The molecule has 2 aromatic rings. The van der Waals surface area contributed by atoms with Gasteiger partial charge in [-0.2, -0.15) is 0 Å². The van der Waals surface area contributed by atoms with E-state index in [4.69, 9.17) is 0 Å². The zero-order valence-electron chi connectivity index (χ0n) is 6.31. The molecule has 5 heteroatoms. The third-order valence-corrected chi connectivity index (χ3v) is 3.38. The topological polar surface area (TPSA) is 32.6 Å². The van der Waals surface area contributed by atoms with Crippen molar-refractivity contribution < 1.29 is 4.68 Å². The van der Waals surface area contributed by atoms with Crippen LogP contribution in [0, 0.1) is 3.70 Å². The largest absolute Gasteiger partial charge is 0.275 e. The van der Waals surface area contributed by atoms with Gasteiger partial charge in [-0.3, -0.25) is 0 Å². The summed E-state index contributed by atoms with van der Waals surface area (Å²) in [5.74, 6) is 0. The van der Waals surface area contributed by atoms with Crippen molar-refractivity contribution in [1.29, 1.82) is 0 Å². The van der Waals surface area contributed by atoms with Gasteiger partial charge in [-0.25, -0.2) is 4.98 Å². The highest BCUT2D eigenvalue weighted by Gasteiger charge is 2.13. The zero-order chi connectivity index (χ0) is 8.72. The van der Waals surface area contributed by atoms with Crippen LogP contribution in [0.25, 0.3) is 11.0 Å². The van der Waals surface area contributed by atoms with Crippen molar-refractivity contribution in [3.63, 3.8) is 0 Å². The molecule has 0 aliphatic rings. The van der Waals surface area contributed by atoms with Gasteiger partial charge in [-0.15, -0.1) is 9.78 Å². The number of hydrogen-bond donors (Lipinski definition) is 1. The molecule has 2 heterocycles. The molecule has 0 aliphatic carbocycles. The molecule has 0 bridgehead atoms. The first kappa shape index (κ1) is 8.43. The molecule has 0 aliphatic heterocycles. The van der Waals surface area contributed by atoms with E-state index < -0.39 is 0 Å². The van der Waals surface area contributed by atoms with Crippen LogP contribution < -0.4 is 4.68 Å². The summed E-state index contributed by atoms with van der Waals surface area (Å²) < 4.78 is 4.12. The van der Waals surface area contributed by atoms with Gasteiger partial charge in [0.25, 0.3) is 3.70 Å². The van der Waals surface area contributed by atoms with Crippen molar-refractivity contribution in [2.24, 2.45) is 7.05 Å². The molecule has 1 N–H and O–H groups in total. The van der Waals surface area contributed by atoms with E-state index in [1.54, 1.807) is 6.20 Å². The molecule has 0 spiro atoms. The van der Waals surface area contributed by atoms with Crippen molar-refractivity contribution in [1.82, 2.24) is 10.1 Å². The molecule has 0 amide bonds. The van der Waals surface area contributed by atoms with Gasteiger partial charge in [0.15, 0.2) is 12.7 Å². The van der Waals surface area contributed by atoms with Gasteiger partial charge in [0, 0.05) is 33.3 Å². The third-order valence-electron chi connectivity index (χ3n) is 1.64. The fourth-order valence-electron chi connectivity index (χ4n) is 1.07. The van der Waals surface area contributed by atoms with E-state index in [0.717, 1.165) is 19.2 Å². The van der Waals surface area contributed by atoms with Crippen molar-refractivity contribution >= 4 is 49.6 Å². The Kier molecular flexibility index (Phi) is 2.07. The average molecular weight is 339 g/mol. The van der Waals surface area contributed by atoms with Crippen LogP contribution in [0.2, 0.25) is 0 Å². The molecule has 3 nitrogen and oxygen atoms in total. The molecule has 12 heavy (non-hydrogen) atoms. The number of fused-ring (bicyclic) bond motifs is 1. The Morgan fingerprint density at radius 3 is 3.17 bits per heavy atom. The molecule has 0 fully saturated rings. The summed E-state index contributed by atoms with van der Waals surface area (Å²) in [5, 5.41) is 4.28. The van der Waals surface area contributed by atoms with E-state index in [-0.39, 0.29) is 0 Å². The normalized spacial score (nSPS) is 10.9. The molecular weight excluding hydrogens is 333 g/mol. The molecule has 2 rings (SSSR count). The van der Waals surface area contributed by atoms with Crippen molar-refractivity contribution in [2.45, 2.75) is 0 Å². The van der Waals surface area contributed by atoms with Crippen LogP contribution in [0.4, 0.5) is 0 Å². The van der Waals surface area contributed by atoms with E-state index in [0.29, 0.717) is 0 Å². The lowest BCUT2D eigenvalue weighted by atomic mass is 10.4. The van der Waals surface area contributed by atoms with Crippen molar-refractivity contribution in [3.8, 4) is 0 Å². The molecule has 0 unspecified atom stereocenters. The minimum atomic E-state index is 0.921. The molecule has 0 saturated heterocycles. The van der Waals surface area contributed by atoms with Gasteiger partial charge in [0.05, 0.1) is 0 Å². The van der Waals surface area contributed by atoms with E-state index in [1.165, 1.54) is 0 Å². The predicted molar refractivity (Wildman–Crippen MR) is 57.7 cm³/mol. The van der Waals surface area contributed by atoms with E-state index in [2.05, 4.69) is 54.7 Å². The van der Waals surface area contributed by atoms with Crippen molar-refractivity contribution in [3.05, 3.63) is 20.4 Å². The van der Waals surface area contributed by atoms with Gasteiger partial charge >= 0.3 is 0 Å². The third kappa shape index (κ3) is 1.24. The second-order valence-electron chi connectivity index (χ2n) is 2.51. The number of hydrogen-bond acceptors (Lipinski definition) is 1. The van der Waals surface area contributed by atoms with E-state index in [1.807, 2.05) is 11.7 Å². The van der Waals surface area contributed by atoms with Gasteiger partial charge < -0.3 is 0 Å². The second kappa shape index (κ2) is 2.95. The zero-order valence-corrected chi connectivity index (χ0v) is 10.0. The lowest BCUT2D eigenvalue weighted by Gasteiger charge is -1.85. The summed E-state index contributed by atoms with van der Waals surface area (Å²) in [6.07, 6.45) is 1.79. The summed E-state index contributed by atoms with van der Waals surface area (Å²) >= 11 is 5.67. The second-order valence-corrected chi connectivity index (χ2v) is 4.45. The highest BCUT2D eigenvalue weighted by Crippen LogP contribution is 2.18. The fourth-order valence-corrected chi connectivity index (χ4v) is 1.94. The number of aromatic nitrogens is 3. The highest BCUT2D eigenvalue weighted by molar-refractivity contribution is 14.1. The lowest BCUT2D eigenvalue weighted by Crippen LogP contribution is -2.32. The number of H-pyrrole nitrogens is 1. The minimum Gasteiger partial charge on any atom is -0.232 e. The Bertz CT molecular complexity index is 437. The number of nitrogens with zero attached hydrogens (tertiary/aromatic N) is 2. The van der Waals surface area contributed by atoms with Crippen LogP contribution in [0.1, 0.15) is 0 Å². The summed E-state index contributed by atoms with van der Waals surface area (Å²) in [6, 6.07) is 2.06. The molecular formula is C7H6BrIN3+. The Morgan fingerprint density at radius 1 is 1.67 bits per heavy atom. The summed E-state index contributed by atoms with van der Waals surface area (Å²) in [7, 11) is 1.97. The highest BCUT2D eigenvalue weighted by atomic mass is 127. The number of halogens is 2. The quantitative estimate of drug-likeness (QED) is 0.576. The Balaban J connectivity index is 2.88. The molecule has 62 valence electrons. The fraction of sp³-hybridized carbons (Fsp3) is 0.143. The van der Waals surface area contributed by atoms with Crippen LogP contribution in [-0.4, -0.2) is 10.1 Å². The molecule has 0 radical (unpaired) electrons. The van der Waals surface area contributed by atoms with Crippen LogP contribution >= 0.6 is 38.5 Å². The van der Waals surface area contributed by atoms with Crippen LogP contribution in [0.15, 0.2) is 16.7 Å². The lowest BCUT2D eigenvalue weighted by molar-refractivity contribution is -0.736. The summed E-state index contributed by atoms with van der Waals surface area (Å²) in [6.45, 7) is 0. The SMILES string of the molecule is C[n+]1[nH]c2ncc(Br)cc2c1I. The molecule has 0 atom stereocenters. The molecule has 0 saturated carbocycles. The monoisotopic (exact) mass is 338 g/mol. The van der Waals surface area contributed by atoms with Crippen molar-refractivity contribution in [2.75, 3.05) is 0 Å². The maximum atomic E-state index is 4.23. The van der Waals surface area contributed by atoms with Crippen LogP contribution in [0.3, 0.4) is 0 Å². The molecule has 0 aromatic carbocycles. The number of aryl methyl sites for hydroxylation is 1. The van der Waals surface area contributed by atoms with E-state index >= 15 is 0 Å². The summed E-state index contributed by atoms with van der Waals surface area (Å²) in [5.41, 5.74) is 0.921. The predicted octanol–water partition coefficient (Wildman–Crippen LogP) is 1.75. The number of rotatable bonds is 0. The Morgan fingerprint density at radius 2 is 2.42 bits per heavy atom. The Labute approximate surface area is 91.4 Å². The summed E-state index contributed by atoms with van der Waals surface area (Å²) in [4.78, 5) is 4.23. The van der Waals surface area contributed by atoms with E-state index in [9.17, 15) is 0 Å². The van der Waals surface area contributed by atoms with Crippen LogP contribution in [-0.2, 0) is 7.05 Å². The van der Waals surface area contributed by atoms with Gasteiger partial charge in [0.2, 0.25) is 0 Å². The molecule has 2 aromatic heterocycles. The number of pyridine rings is 1. The Hall–Kier alpha value is -0.170. The van der Waals surface area contributed by atoms with Gasteiger partial charge in [0.1, 0.15) is 5.39 Å². The number of nitrogens with one attached hydrogen (secondary N) is 1. The first-order valence-electron chi connectivity index (χ1n) is 3.37. The minimum absolute atomic E-state index is 0.921. The first-order valence-corrected chi connectivity index (χ1v) is 5.24. The maximum absolute atomic E-state index is 4.23. The maximum Gasteiger partial charge on any atom is 0.275 e. The standard InChI is InChI=1S/C7H5BrIN3/c1-12-6(9)5-2-4(8)3-10-7(5)11-12/h2-3H,1H3/p+1. The van der Waals surface area contributed by atoms with Crippen LogP contribution in [0.5, 0.6) is 0 Å². The smallest absolute Gasteiger partial charge is 0.232 e. The average Bonchev–Trinajstić information content (AvgIpc) is 2.31. The number of aromatic amines is 1. The van der Waals surface area contributed by atoms with Gasteiger partial charge in [-0.1, -0.05) is 0 Å². The van der Waals surface area contributed by atoms with Gasteiger partial charge in [-0.05, 0) is 22.0 Å².